The summed E-state index contributed by atoms with van der Waals surface area (Å²) < 4.78 is 18.0. The van der Waals surface area contributed by atoms with E-state index in [4.69, 9.17) is 23.7 Å². The third-order valence-electron chi connectivity index (χ3n) is 7.50. The van der Waals surface area contributed by atoms with Crippen LogP contribution in [0.5, 0.6) is 0 Å². The number of ether oxygens (including phenoxy) is 2. The number of fused-ring (bicyclic) bond motifs is 2. The molecular formula is C21H29NO6. The summed E-state index contributed by atoms with van der Waals surface area (Å²) in [6, 6.07) is 3.36. The van der Waals surface area contributed by atoms with Gasteiger partial charge < -0.3 is 19.2 Å². The number of carbonyl (C=O) groups excluding carboxylic acids is 1. The predicted molar refractivity (Wildman–Crippen MR) is 97.9 cm³/mol. The van der Waals surface area contributed by atoms with Crippen molar-refractivity contribution < 1.29 is 28.5 Å². The largest absolute Gasteiger partial charge is 0.459 e. The van der Waals surface area contributed by atoms with Gasteiger partial charge in [-0.05, 0) is 56.1 Å². The Balaban J connectivity index is 1.39. The molecule has 5 heterocycles. The topological polar surface area (TPSA) is 79.2 Å². The van der Waals surface area contributed by atoms with Crippen LogP contribution in [-0.4, -0.2) is 36.2 Å². The molecule has 1 spiro atoms. The van der Waals surface area contributed by atoms with Crippen LogP contribution in [-0.2, 0) is 19.2 Å². The van der Waals surface area contributed by atoms with Gasteiger partial charge in [-0.25, -0.2) is 9.78 Å². The highest BCUT2D eigenvalue weighted by atomic mass is 17.3. The molecule has 7 heteroatoms. The van der Waals surface area contributed by atoms with Crippen LogP contribution in [0.4, 0.5) is 0 Å². The van der Waals surface area contributed by atoms with Crippen molar-refractivity contribution in [3.63, 3.8) is 0 Å². The third-order valence-corrected chi connectivity index (χ3v) is 7.50. The lowest BCUT2D eigenvalue weighted by molar-refractivity contribution is -0.570. The molecule has 0 aromatic carbocycles. The van der Waals surface area contributed by atoms with E-state index in [2.05, 4.69) is 19.2 Å². The van der Waals surface area contributed by atoms with Gasteiger partial charge in [0.15, 0.2) is 17.7 Å². The summed E-state index contributed by atoms with van der Waals surface area (Å²) in [5.74, 6) is 0.657. The molecule has 154 valence electrons. The molecule has 2 bridgehead atoms. The van der Waals surface area contributed by atoms with E-state index in [1.165, 1.54) is 12.7 Å². The highest BCUT2D eigenvalue weighted by Gasteiger charge is 2.69. The zero-order valence-corrected chi connectivity index (χ0v) is 16.7. The number of rotatable bonds is 3. The van der Waals surface area contributed by atoms with Gasteiger partial charge in [0.2, 0.25) is 5.79 Å². The number of hydrogen-bond acceptors (Lipinski definition) is 6. The van der Waals surface area contributed by atoms with Crippen LogP contribution >= 0.6 is 0 Å². The Morgan fingerprint density at radius 1 is 1.21 bits per heavy atom. The second-order valence-electron chi connectivity index (χ2n) is 9.13. The van der Waals surface area contributed by atoms with Crippen LogP contribution in [0.25, 0.3) is 0 Å². The van der Waals surface area contributed by atoms with E-state index in [0.717, 1.165) is 19.3 Å². The van der Waals surface area contributed by atoms with Gasteiger partial charge in [-0.3, -0.25) is 4.79 Å². The average molecular weight is 391 g/mol. The van der Waals surface area contributed by atoms with Crippen LogP contribution in [0.3, 0.4) is 0 Å². The molecule has 1 N–H and O–H groups in total. The van der Waals surface area contributed by atoms with E-state index in [0.29, 0.717) is 24.1 Å². The monoisotopic (exact) mass is 391 g/mol. The molecule has 7 nitrogen and oxygen atoms in total. The Morgan fingerprint density at radius 3 is 2.86 bits per heavy atom. The minimum absolute atomic E-state index is 0.153. The first-order valence-electron chi connectivity index (χ1n) is 10.4. The van der Waals surface area contributed by atoms with Crippen molar-refractivity contribution in [3.05, 3.63) is 24.2 Å². The van der Waals surface area contributed by atoms with Gasteiger partial charge in [0, 0.05) is 18.9 Å². The van der Waals surface area contributed by atoms with Crippen molar-refractivity contribution >= 4 is 5.91 Å². The summed E-state index contributed by atoms with van der Waals surface area (Å²) in [7, 11) is 0. The van der Waals surface area contributed by atoms with Crippen LogP contribution in [0.2, 0.25) is 0 Å². The Labute approximate surface area is 165 Å². The number of furan rings is 1. The Morgan fingerprint density at radius 2 is 2.07 bits per heavy atom. The van der Waals surface area contributed by atoms with E-state index in [1.807, 2.05) is 6.92 Å². The van der Waals surface area contributed by atoms with Crippen molar-refractivity contribution in [2.75, 3.05) is 6.54 Å². The first kappa shape index (κ1) is 18.6. The first-order valence-corrected chi connectivity index (χ1v) is 10.4. The van der Waals surface area contributed by atoms with Gasteiger partial charge in [0.25, 0.3) is 5.91 Å². The standard InChI is InChI=1S/C21H29NO6/c1-12-6-7-15-13(2)17(11-22-18(23)16-5-4-10-24-16)25-19-21(15)14(12)8-9-20(3,26-19)27-28-21/h4-5,10,12-15,17,19H,6-9,11H2,1-3H3,(H,22,23)/t12-,13-,14+,15+,17-,19-,20-,21-/m1/s1. The molecule has 1 amide bonds. The van der Waals surface area contributed by atoms with Gasteiger partial charge in [0.05, 0.1) is 12.4 Å². The third kappa shape index (κ3) is 2.67. The number of carbonyl (C=O) groups is 1. The lowest BCUT2D eigenvalue weighted by Crippen LogP contribution is -2.71. The van der Waals surface area contributed by atoms with Crippen LogP contribution in [0, 0.1) is 23.7 Å². The number of nitrogens with one attached hydrogen (secondary N) is 1. The fourth-order valence-electron chi connectivity index (χ4n) is 5.90. The Kier molecular flexibility index (Phi) is 4.36. The minimum atomic E-state index is -0.778. The van der Waals surface area contributed by atoms with Gasteiger partial charge in [-0.2, -0.15) is 0 Å². The molecule has 8 atom stereocenters. The van der Waals surface area contributed by atoms with Crippen molar-refractivity contribution in [1.82, 2.24) is 5.32 Å². The zero-order chi connectivity index (χ0) is 19.5. The van der Waals surface area contributed by atoms with E-state index < -0.39 is 17.7 Å². The SMILES string of the molecule is C[C@H]1[C@@H](CNC(=O)c2ccco2)O[C@@H]2O[C@@]3(C)CC[C@H]4[C@H](C)CC[C@@H]1[C@@]24OO3. The van der Waals surface area contributed by atoms with Gasteiger partial charge in [-0.1, -0.05) is 13.8 Å². The molecule has 4 saturated heterocycles. The molecule has 1 aliphatic carbocycles. The molecule has 1 aromatic heterocycles. The molecule has 0 radical (unpaired) electrons. The molecule has 0 unspecified atom stereocenters. The lowest BCUT2D eigenvalue weighted by atomic mass is 9.57. The molecule has 28 heavy (non-hydrogen) atoms. The second-order valence-corrected chi connectivity index (χ2v) is 9.13. The summed E-state index contributed by atoms with van der Waals surface area (Å²) in [6.07, 6.45) is 4.89. The van der Waals surface area contributed by atoms with E-state index in [9.17, 15) is 4.79 Å². The number of amides is 1. The first-order chi connectivity index (χ1) is 13.4. The quantitative estimate of drug-likeness (QED) is 0.797. The zero-order valence-electron chi connectivity index (χ0n) is 16.7. The summed E-state index contributed by atoms with van der Waals surface area (Å²) >= 11 is 0. The molecule has 5 fully saturated rings. The summed E-state index contributed by atoms with van der Waals surface area (Å²) in [4.78, 5) is 24.3. The normalized spacial score (nSPS) is 47.2. The van der Waals surface area contributed by atoms with Crippen LogP contribution in [0.15, 0.2) is 22.8 Å². The lowest BCUT2D eigenvalue weighted by Gasteiger charge is -2.60. The molecule has 1 aromatic rings. The fraction of sp³-hybridized carbons (Fsp3) is 0.762. The van der Waals surface area contributed by atoms with Crippen molar-refractivity contribution in [2.45, 2.75) is 70.2 Å². The molecule has 5 aliphatic rings. The minimum Gasteiger partial charge on any atom is -0.459 e. The maximum atomic E-state index is 12.3. The second kappa shape index (κ2) is 6.55. The maximum absolute atomic E-state index is 12.3. The highest BCUT2D eigenvalue weighted by Crippen LogP contribution is 2.60. The van der Waals surface area contributed by atoms with Crippen molar-refractivity contribution in [3.8, 4) is 0 Å². The molecular weight excluding hydrogens is 362 g/mol. The molecule has 4 aliphatic heterocycles. The van der Waals surface area contributed by atoms with Crippen molar-refractivity contribution in [2.24, 2.45) is 23.7 Å². The highest BCUT2D eigenvalue weighted by molar-refractivity contribution is 5.91. The molecule has 6 rings (SSSR count). The maximum Gasteiger partial charge on any atom is 0.287 e. The van der Waals surface area contributed by atoms with E-state index in [1.54, 1.807) is 12.1 Å². The number of hydrogen-bond donors (Lipinski definition) is 1. The smallest absolute Gasteiger partial charge is 0.287 e. The summed E-state index contributed by atoms with van der Waals surface area (Å²) in [5.41, 5.74) is -0.561. The Bertz CT molecular complexity index is 737. The van der Waals surface area contributed by atoms with Gasteiger partial charge in [0.1, 0.15) is 0 Å². The van der Waals surface area contributed by atoms with E-state index >= 15 is 0 Å². The van der Waals surface area contributed by atoms with E-state index in [-0.39, 0.29) is 23.8 Å². The van der Waals surface area contributed by atoms with Crippen molar-refractivity contribution in [1.29, 1.82) is 0 Å². The van der Waals surface area contributed by atoms with Gasteiger partial charge in [-0.15, -0.1) is 0 Å². The summed E-state index contributed by atoms with van der Waals surface area (Å²) in [5, 5.41) is 2.94. The van der Waals surface area contributed by atoms with Gasteiger partial charge >= 0.3 is 0 Å². The predicted octanol–water partition coefficient (Wildman–Crippen LogP) is 3.26. The fourth-order valence-corrected chi connectivity index (χ4v) is 5.90. The van der Waals surface area contributed by atoms with Crippen LogP contribution < -0.4 is 5.32 Å². The van der Waals surface area contributed by atoms with Crippen LogP contribution in [0.1, 0.15) is 57.0 Å². The molecule has 1 saturated carbocycles. The summed E-state index contributed by atoms with van der Waals surface area (Å²) in [6.45, 7) is 6.82. The average Bonchev–Trinajstić information content (AvgIpc) is 3.12. The Hall–Kier alpha value is -1.41.